The van der Waals surface area contributed by atoms with Gasteiger partial charge in [0, 0.05) is 23.7 Å². The quantitative estimate of drug-likeness (QED) is 0.511. The third kappa shape index (κ3) is 4.15. The lowest BCUT2D eigenvalue weighted by Gasteiger charge is -2.04. The summed E-state index contributed by atoms with van der Waals surface area (Å²) in [5.41, 5.74) is 2.81. The van der Waals surface area contributed by atoms with Gasteiger partial charge in [-0.25, -0.2) is 9.37 Å². The summed E-state index contributed by atoms with van der Waals surface area (Å²) in [4.78, 5) is 16.8. The SMILES string of the molecule is Cc1ccc2nc(CSc3nnc(Nc4cccc(F)c4)s3)cc(=O)n2c1. The molecule has 0 spiro atoms. The molecule has 4 aromatic rings. The average Bonchev–Trinajstić information content (AvgIpc) is 3.08. The van der Waals surface area contributed by atoms with Gasteiger partial charge in [0.1, 0.15) is 11.5 Å². The number of fused-ring (bicyclic) bond motifs is 1. The fraction of sp³-hybridized carbons (Fsp3) is 0.111. The monoisotopic (exact) mass is 399 g/mol. The maximum atomic E-state index is 13.2. The van der Waals surface area contributed by atoms with Crippen molar-refractivity contribution in [3.8, 4) is 0 Å². The van der Waals surface area contributed by atoms with Crippen molar-refractivity contribution in [3.05, 3.63) is 76.1 Å². The molecule has 0 radical (unpaired) electrons. The number of rotatable bonds is 5. The van der Waals surface area contributed by atoms with Gasteiger partial charge in [0.25, 0.3) is 5.56 Å². The van der Waals surface area contributed by atoms with Crippen molar-refractivity contribution >= 4 is 39.6 Å². The predicted octanol–water partition coefficient (Wildman–Crippen LogP) is 4.03. The lowest BCUT2D eigenvalue weighted by atomic mass is 10.3. The molecule has 0 saturated carbocycles. The Hall–Kier alpha value is -2.78. The van der Waals surface area contributed by atoms with Crippen LogP contribution in [0, 0.1) is 12.7 Å². The van der Waals surface area contributed by atoms with E-state index in [1.807, 2.05) is 19.1 Å². The number of nitrogens with one attached hydrogen (secondary N) is 1. The number of thioether (sulfide) groups is 1. The van der Waals surface area contributed by atoms with Crippen molar-refractivity contribution in [2.75, 3.05) is 5.32 Å². The second-order valence-electron chi connectivity index (χ2n) is 5.82. The number of benzene rings is 1. The predicted molar refractivity (Wildman–Crippen MR) is 105 cm³/mol. The molecule has 136 valence electrons. The number of hydrogen-bond acceptors (Lipinski definition) is 7. The first kappa shape index (κ1) is 17.6. The third-order valence-electron chi connectivity index (χ3n) is 3.69. The molecule has 0 atom stereocenters. The normalized spacial score (nSPS) is 11.0. The lowest BCUT2D eigenvalue weighted by Crippen LogP contribution is -2.15. The Morgan fingerprint density at radius 2 is 2.11 bits per heavy atom. The van der Waals surface area contributed by atoms with E-state index in [1.54, 1.807) is 18.3 Å². The summed E-state index contributed by atoms with van der Waals surface area (Å²) in [5, 5.41) is 11.8. The molecule has 0 aliphatic heterocycles. The van der Waals surface area contributed by atoms with Gasteiger partial charge in [0.05, 0.1) is 5.69 Å². The highest BCUT2D eigenvalue weighted by Gasteiger charge is 2.08. The molecule has 0 unspecified atom stereocenters. The number of anilines is 2. The van der Waals surface area contributed by atoms with Gasteiger partial charge in [-0.05, 0) is 36.8 Å². The van der Waals surface area contributed by atoms with Crippen LogP contribution >= 0.6 is 23.1 Å². The van der Waals surface area contributed by atoms with Crippen LogP contribution in [0.3, 0.4) is 0 Å². The molecule has 1 N–H and O–H groups in total. The number of hydrogen-bond donors (Lipinski definition) is 1. The van der Waals surface area contributed by atoms with Crippen LogP contribution in [0.4, 0.5) is 15.2 Å². The molecule has 9 heteroatoms. The third-order valence-corrected chi connectivity index (χ3v) is 5.69. The number of pyridine rings is 1. The van der Waals surface area contributed by atoms with E-state index in [2.05, 4.69) is 20.5 Å². The molecular weight excluding hydrogens is 385 g/mol. The van der Waals surface area contributed by atoms with Crippen molar-refractivity contribution in [2.45, 2.75) is 17.0 Å². The maximum absolute atomic E-state index is 13.2. The minimum atomic E-state index is -0.317. The van der Waals surface area contributed by atoms with E-state index in [0.717, 1.165) is 9.90 Å². The fourth-order valence-electron chi connectivity index (χ4n) is 2.48. The summed E-state index contributed by atoms with van der Waals surface area (Å²) < 4.78 is 15.5. The zero-order valence-corrected chi connectivity index (χ0v) is 15.9. The molecule has 0 amide bonds. The fourth-order valence-corrected chi connectivity index (χ4v) is 4.14. The second kappa shape index (κ2) is 7.45. The van der Waals surface area contributed by atoms with Gasteiger partial charge in [0.2, 0.25) is 5.13 Å². The Bertz CT molecular complexity index is 1170. The Balaban J connectivity index is 1.46. The first-order valence-electron chi connectivity index (χ1n) is 8.05. The zero-order valence-electron chi connectivity index (χ0n) is 14.2. The largest absolute Gasteiger partial charge is 0.330 e. The zero-order chi connectivity index (χ0) is 18.8. The first-order chi connectivity index (χ1) is 13.1. The molecule has 0 aliphatic carbocycles. The summed E-state index contributed by atoms with van der Waals surface area (Å²) in [6, 6.07) is 11.4. The average molecular weight is 399 g/mol. The van der Waals surface area contributed by atoms with E-state index in [9.17, 15) is 9.18 Å². The Kier molecular flexibility index (Phi) is 4.87. The van der Waals surface area contributed by atoms with E-state index in [-0.39, 0.29) is 11.4 Å². The maximum Gasteiger partial charge on any atom is 0.258 e. The van der Waals surface area contributed by atoms with Crippen LogP contribution in [-0.4, -0.2) is 19.6 Å². The van der Waals surface area contributed by atoms with E-state index < -0.39 is 0 Å². The van der Waals surface area contributed by atoms with Gasteiger partial charge in [-0.2, -0.15) is 0 Å². The summed E-state index contributed by atoms with van der Waals surface area (Å²) >= 11 is 2.81. The van der Waals surface area contributed by atoms with E-state index in [4.69, 9.17) is 0 Å². The first-order valence-corrected chi connectivity index (χ1v) is 9.85. The van der Waals surface area contributed by atoms with E-state index in [0.29, 0.717) is 27.9 Å². The molecule has 3 heterocycles. The minimum absolute atomic E-state index is 0.106. The van der Waals surface area contributed by atoms with Crippen LogP contribution in [0.2, 0.25) is 0 Å². The number of nitrogens with zero attached hydrogens (tertiary/aromatic N) is 4. The molecule has 4 rings (SSSR count). The second-order valence-corrected chi connectivity index (χ2v) is 8.02. The van der Waals surface area contributed by atoms with Crippen molar-refractivity contribution in [1.82, 2.24) is 19.6 Å². The standard InChI is InChI=1S/C18H14FN5OS2/c1-11-5-6-15-20-14(8-16(25)24(15)9-11)10-26-18-23-22-17(27-18)21-13-4-2-3-12(19)7-13/h2-9H,10H2,1H3,(H,21,22). The summed E-state index contributed by atoms with van der Waals surface area (Å²) in [6.07, 6.45) is 1.77. The summed E-state index contributed by atoms with van der Waals surface area (Å²) in [5.74, 6) is 0.191. The topological polar surface area (TPSA) is 72.2 Å². The molecule has 0 fully saturated rings. The number of halogens is 1. The number of aromatic nitrogens is 4. The highest BCUT2D eigenvalue weighted by atomic mass is 32.2. The van der Waals surface area contributed by atoms with Crippen molar-refractivity contribution in [1.29, 1.82) is 0 Å². The summed E-state index contributed by atoms with van der Waals surface area (Å²) in [6.45, 7) is 1.93. The van der Waals surface area contributed by atoms with Crippen LogP contribution in [-0.2, 0) is 5.75 Å². The van der Waals surface area contributed by atoms with E-state index >= 15 is 0 Å². The Labute approximate surface area is 162 Å². The van der Waals surface area contributed by atoms with Gasteiger partial charge >= 0.3 is 0 Å². The van der Waals surface area contributed by atoms with Crippen molar-refractivity contribution < 1.29 is 4.39 Å². The van der Waals surface area contributed by atoms with Crippen LogP contribution in [0.5, 0.6) is 0 Å². The van der Waals surface area contributed by atoms with Gasteiger partial charge in [-0.1, -0.05) is 35.2 Å². The molecular formula is C18H14FN5OS2. The molecule has 1 aromatic carbocycles. The molecule has 0 bridgehead atoms. The summed E-state index contributed by atoms with van der Waals surface area (Å²) in [7, 11) is 0. The number of aryl methyl sites for hydroxylation is 1. The minimum Gasteiger partial charge on any atom is -0.330 e. The highest BCUT2D eigenvalue weighted by Crippen LogP contribution is 2.29. The van der Waals surface area contributed by atoms with Crippen LogP contribution < -0.4 is 10.9 Å². The van der Waals surface area contributed by atoms with Gasteiger partial charge in [0.15, 0.2) is 4.34 Å². The molecule has 0 saturated heterocycles. The van der Waals surface area contributed by atoms with Crippen molar-refractivity contribution in [2.24, 2.45) is 0 Å². The van der Waals surface area contributed by atoms with Gasteiger partial charge in [-0.15, -0.1) is 10.2 Å². The van der Waals surface area contributed by atoms with E-state index in [1.165, 1.54) is 45.7 Å². The van der Waals surface area contributed by atoms with Crippen LogP contribution in [0.25, 0.3) is 5.65 Å². The molecule has 3 aromatic heterocycles. The lowest BCUT2D eigenvalue weighted by molar-refractivity contribution is 0.628. The molecule has 0 aliphatic rings. The smallest absolute Gasteiger partial charge is 0.258 e. The van der Waals surface area contributed by atoms with Gasteiger partial charge in [-0.3, -0.25) is 9.20 Å². The van der Waals surface area contributed by atoms with Crippen molar-refractivity contribution in [3.63, 3.8) is 0 Å². The highest BCUT2D eigenvalue weighted by molar-refractivity contribution is 8.00. The Morgan fingerprint density at radius 1 is 1.22 bits per heavy atom. The van der Waals surface area contributed by atoms with Crippen LogP contribution in [0.1, 0.15) is 11.3 Å². The molecule has 6 nitrogen and oxygen atoms in total. The van der Waals surface area contributed by atoms with Crippen LogP contribution in [0.15, 0.2) is 57.8 Å². The Morgan fingerprint density at radius 3 is 2.96 bits per heavy atom. The van der Waals surface area contributed by atoms with Gasteiger partial charge < -0.3 is 5.32 Å². The molecule has 27 heavy (non-hydrogen) atoms.